The number of hydrogen-bond donors (Lipinski definition) is 1. The van der Waals surface area contributed by atoms with Crippen molar-refractivity contribution in [3.05, 3.63) is 17.0 Å². The minimum atomic E-state index is -0.850. The van der Waals surface area contributed by atoms with Gasteiger partial charge in [0.1, 0.15) is 0 Å². The summed E-state index contributed by atoms with van der Waals surface area (Å²) in [7, 11) is 0. The molecule has 0 saturated carbocycles. The molecule has 0 aliphatic carbocycles. The molecule has 6 nitrogen and oxygen atoms in total. The molecule has 0 aromatic carbocycles. The molecule has 1 atom stereocenters. The maximum Gasteiger partial charge on any atom is 0.308 e. The van der Waals surface area contributed by atoms with Crippen LogP contribution < -0.4 is 0 Å². The zero-order valence-corrected chi connectivity index (χ0v) is 11.0. The number of carboxylic acids is 1. The largest absolute Gasteiger partial charge is 0.481 e. The number of aliphatic carboxylic acids is 1. The molecule has 0 bridgehead atoms. The van der Waals surface area contributed by atoms with E-state index >= 15 is 0 Å². The number of aromatic nitrogens is 4. The maximum atomic E-state index is 10.8. The minimum absolute atomic E-state index is 0.275. The topological polar surface area (TPSA) is 80.9 Å². The average Bonchev–Trinajstić information content (AvgIpc) is 2.96. The number of nitrogens with zero attached hydrogens (tertiary/aromatic N) is 4. The van der Waals surface area contributed by atoms with Crippen LogP contribution in [-0.4, -0.2) is 31.3 Å². The van der Waals surface area contributed by atoms with E-state index in [1.165, 1.54) is 4.88 Å². The monoisotopic (exact) mass is 266 g/mol. The number of tetrazole rings is 1. The van der Waals surface area contributed by atoms with E-state index in [2.05, 4.69) is 22.4 Å². The Morgan fingerprint density at radius 3 is 2.94 bits per heavy atom. The zero-order chi connectivity index (χ0) is 13.1. The summed E-state index contributed by atoms with van der Waals surface area (Å²) in [6, 6.07) is 4.01. The fraction of sp³-hybridized carbons (Fsp3) is 0.455. The maximum absolute atomic E-state index is 10.8. The van der Waals surface area contributed by atoms with Gasteiger partial charge in [0, 0.05) is 4.88 Å². The van der Waals surface area contributed by atoms with Gasteiger partial charge in [-0.3, -0.25) is 4.79 Å². The Labute approximate surface area is 108 Å². The highest BCUT2D eigenvalue weighted by Gasteiger charge is 2.17. The first kappa shape index (κ1) is 12.7. The number of hydrogen-bond acceptors (Lipinski definition) is 5. The van der Waals surface area contributed by atoms with E-state index in [9.17, 15) is 4.79 Å². The zero-order valence-electron chi connectivity index (χ0n) is 10.2. The lowest BCUT2D eigenvalue weighted by molar-refractivity contribution is -0.141. The van der Waals surface area contributed by atoms with Crippen molar-refractivity contribution < 1.29 is 9.90 Å². The fourth-order valence-corrected chi connectivity index (χ4v) is 2.47. The van der Waals surface area contributed by atoms with E-state index in [-0.39, 0.29) is 6.54 Å². The molecule has 0 saturated heterocycles. The van der Waals surface area contributed by atoms with Gasteiger partial charge in [-0.15, -0.1) is 16.4 Å². The van der Waals surface area contributed by atoms with Crippen molar-refractivity contribution >= 4 is 17.3 Å². The SMILES string of the molecule is CCc1ccc(-c2nnnn2CC(C)C(=O)O)s1. The lowest BCUT2D eigenvalue weighted by atomic mass is 10.2. The van der Waals surface area contributed by atoms with E-state index in [1.807, 2.05) is 12.1 Å². The third-order valence-corrected chi connectivity index (χ3v) is 3.86. The van der Waals surface area contributed by atoms with Crippen molar-refractivity contribution in [3.8, 4) is 10.7 Å². The lowest BCUT2D eigenvalue weighted by Crippen LogP contribution is -2.18. The van der Waals surface area contributed by atoms with Crippen molar-refractivity contribution in [1.29, 1.82) is 0 Å². The summed E-state index contributed by atoms with van der Waals surface area (Å²) in [4.78, 5) is 13.1. The highest BCUT2D eigenvalue weighted by atomic mass is 32.1. The van der Waals surface area contributed by atoms with Crippen LogP contribution in [0.2, 0.25) is 0 Å². The van der Waals surface area contributed by atoms with E-state index in [0.717, 1.165) is 11.3 Å². The first-order valence-electron chi connectivity index (χ1n) is 5.70. The Hall–Kier alpha value is -1.76. The molecule has 18 heavy (non-hydrogen) atoms. The van der Waals surface area contributed by atoms with Gasteiger partial charge >= 0.3 is 5.97 Å². The molecule has 0 spiro atoms. The molecular formula is C11H14N4O2S. The molecule has 2 heterocycles. The molecule has 96 valence electrons. The molecule has 0 aliphatic rings. The van der Waals surface area contributed by atoms with Crippen LogP contribution in [0.5, 0.6) is 0 Å². The normalized spacial score (nSPS) is 12.6. The van der Waals surface area contributed by atoms with Crippen LogP contribution in [-0.2, 0) is 17.8 Å². The van der Waals surface area contributed by atoms with Crippen molar-refractivity contribution in [2.45, 2.75) is 26.8 Å². The highest BCUT2D eigenvalue weighted by molar-refractivity contribution is 7.15. The highest BCUT2D eigenvalue weighted by Crippen LogP contribution is 2.26. The summed E-state index contributed by atoms with van der Waals surface area (Å²) in [6.45, 7) is 4.00. The third kappa shape index (κ3) is 2.56. The first-order valence-corrected chi connectivity index (χ1v) is 6.51. The smallest absolute Gasteiger partial charge is 0.308 e. The van der Waals surface area contributed by atoms with Crippen LogP contribution in [0.1, 0.15) is 18.7 Å². The summed E-state index contributed by atoms with van der Waals surface area (Å²) in [6.07, 6.45) is 0.970. The standard InChI is InChI=1S/C11H14N4O2S/c1-3-8-4-5-9(18-8)10-12-13-14-15(10)6-7(2)11(16)17/h4-5,7H,3,6H2,1-2H3,(H,16,17). The quantitative estimate of drug-likeness (QED) is 0.890. The Bertz CT molecular complexity index is 549. The molecule has 1 unspecified atom stereocenters. The van der Waals surface area contributed by atoms with E-state index in [4.69, 9.17) is 5.11 Å². The van der Waals surface area contributed by atoms with Crippen LogP contribution in [0.3, 0.4) is 0 Å². The fourth-order valence-electron chi connectivity index (χ4n) is 1.53. The molecule has 0 fully saturated rings. The number of carboxylic acid groups (broad SMARTS) is 1. The Kier molecular flexibility index (Phi) is 3.71. The molecule has 2 rings (SSSR count). The molecule has 1 N–H and O–H groups in total. The van der Waals surface area contributed by atoms with Crippen LogP contribution in [0.4, 0.5) is 0 Å². The molecule has 2 aromatic rings. The summed E-state index contributed by atoms with van der Waals surface area (Å²) in [5.74, 6) is -0.734. The van der Waals surface area contributed by atoms with Gasteiger partial charge in [-0.05, 0) is 29.0 Å². The van der Waals surface area contributed by atoms with Crippen LogP contribution in [0, 0.1) is 5.92 Å². The molecule has 7 heteroatoms. The lowest BCUT2D eigenvalue weighted by Gasteiger charge is -2.06. The summed E-state index contributed by atoms with van der Waals surface area (Å²) < 4.78 is 1.55. The third-order valence-electron chi connectivity index (χ3n) is 2.63. The van der Waals surface area contributed by atoms with Crippen molar-refractivity contribution in [2.24, 2.45) is 5.92 Å². The average molecular weight is 266 g/mol. The second-order valence-corrected chi connectivity index (χ2v) is 5.21. The van der Waals surface area contributed by atoms with Crippen LogP contribution in [0.15, 0.2) is 12.1 Å². The number of carbonyl (C=O) groups is 1. The minimum Gasteiger partial charge on any atom is -0.481 e. The van der Waals surface area contributed by atoms with Crippen molar-refractivity contribution in [2.75, 3.05) is 0 Å². The van der Waals surface area contributed by atoms with Gasteiger partial charge in [0.05, 0.1) is 17.3 Å². The Morgan fingerprint density at radius 2 is 2.33 bits per heavy atom. The summed E-state index contributed by atoms with van der Waals surface area (Å²) >= 11 is 1.63. The van der Waals surface area contributed by atoms with Crippen LogP contribution in [0.25, 0.3) is 10.7 Å². The molecule has 0 amide bonds. The van der Waals surface area contributed by atoms with Gasteiger partial charge < -0.3 is 5.11 Å². The van der Waals surface area contributed by atoms with E-state index in [0.29, 0.717) is 5.82 Å². The van der Waals surface area contributed by atoms with Gasteiger partial charge in [0.15, 0.2) is 5.82 Å². The van der Waals surface area contributed by atoms with Crippen LogP contribution >= 0.6 is 11.3 Å². The van der Waals surface area contributed by atoms with Gasteiger partial charge in [-0.2, -0.15) is 0 Å². The van der Waals surface area contributed by atoms with Gasteiger partial charge in [0.2, 0.25) is 0 Å². The van der Waals surface area contributed by atoms with Crippen molar-refractivity contribution in [3.63, 3.8) is 0 Å². The molecule has 0 aliphatic heterocycles. The number of thiophene rings is 1. The summed E-state index contributed by atoms with van der Waals surface area (Å²) in [5.41, 5.74) is 0. The second-order valence-electron chi connectivity index (χ2n) is 4.04. The second kappa shape index (κ2) is 5.26. The molecular weight excluding hydrogens is 252 g/mol. The molecule has 0 radical (unpaired) electrons. The van der Waals surface area contributed by atoms with Gasteiger partial charge in [0.25, 0.3) is 0 Å². The number of rotatable bonds is 5. The Morgan fingerprint density at radius 1 is 1.56 bits per heavy atom. The Balaban J connectivity index is 2.24. The predicted molar refractivity (Wildman–Crippen MR) is 67.3 cm³/mol. The van der Waals surface area contributed by atoms with Gasteiger partial charge in [-0.1, -0.05) is 13.8 Å². The van der Waals surface area contributed by atoms with E-state index < -0.39 is 11.9 Å². The predicted octanol–water partition coefficient (Wildman–Crippen LogP) is 1.68. The van der Waals surface area contributed by atoms with Crippen molar-refractivity contribution in [1.82, 2.24) is 20.2 Å². The molecule has 2 aromatic heterocycles. The van der Waals surface area contributed by atoms with Gasteiger partial charge in [-0.25, -0.2) is 4.68 Å². The summed E-state index contributed by atoms with van der Waals surface area (Å²) in [5, 5.41) is 20.3. The first-order chi connectivity index (χ1) is 8.61. The number of aryl methyl sites for hydroxylation is 1. The van der Waals surface area contributed by atoms with E-state index in [1.54, 1.807) is 22.9 Å².